The Balaban J connectivity index is 3.08. The Kier molecular flexibility index (Phi) is 21.2. The van der Waals surface area contributed by atoms with Crippen molar-refractivity contribution in [2.75, 3.05) is 6.61 Å². The van der Waals surface area contributed by atoms with Crippen LogP contribution in [0.4, 0.5) is 0 Å². The van der Waals surface area contributed by atoms with E-state index in [9.17, 15) is 4.79 Å². The maximum Gasteiger partial charge on any atom is 0.319 e. The zero-order valence-corrected chi connectivity index (χ0v) is 19.3. The van der Waals surface area contributed by atoms with Crippen LogP contribution in [0.3, 0.4) is 0 Å². The third-order valence-corrected chi connectivity index (χ3v) is 6.13. The molecule has 0 bridgehead atoms. The maximum absolute atomic E-state index is 11.5. The van der Waals surface area contributed by atoms with E-state index in [4.69, 9.17) is 4.74 Å². The van der Waals surface area contributed by atoms with Crippen molar-refractivity contribution in [2.24, 2.45) is 0 Å². The average molecular weight is 434 g/mol. The highest BCUT2D eigenvalue weighted by Gasteiger charge is 2.12. The van der Waals surface area contributed by atoms with Crippen molar-refractivity contribution in [2.45, 2.75) is 134 Å². The predicted octanol–water partition coefficient (Wildman–Crippen LogP) is 8.35. The van der Waals surface area contributed by atoms with Gasteiger partial charge in [0.25, 0.3) is 0 Å². The SMILES string of the molecule is CCCCCCCCCCCCCCCCCCCOC(=O)C(Br)CC. The van der Waals surface area contributed by atoms with Crippen LogP contribution in [0, 0.1) is 0 Å². The molecule has 0 aromatic heterocycles. The van der Waals surface area contributed by atoms with Gasteiger partial charge in [-0.15, -0.1) is 0 Å². The Morgan fingerprint density at radius 3 is 1.35 bits per heavy atom. The van der Waals surface area contributed by atoms with Crippen LogP contribution in [0.15, 0.2) is 0 Å². The molecule has 0 aromatic rings. The Labute approximate surface area is 172 Å². The van der Waals surface area contributed by atoms with E-state index >= 15 is 0 Å². The van der Waals surface area contributed by atoms with Crippen LogP contribution < -0.4 is 0 Å². The molecule has 0 fully saturated rings. The van der Waals surface area contributed by atoms with E-state index in [0.717, 1.165) is 12.8 Å². The van der Waals surface area contributed by atoms with Crippen molar-refractivity contribution in [1.29, 1.82) is 0 Å². The van der Waals surface area contributed by atoms with Crippen LogP contribution in [-0.2, 0) is 9.53 Å². The number of hydrogen-bond acceptors (Lipinski definition) is 2. The molecule has 26 heavy (non-hydrogen) atoms. The highest BCUT2D eigenvalue weighted by atomic mass is 79.9. The van der Waals surface area contributed by atoms with Gasteiger partial charge in [-0.05, 0) is 12.8 Å². The Morgan fingerprint density at radius 1 is 0.654 bits per heavy atom. The molecule has 2 nitrogen and oxygen atoms in total. The lowest BCUT2D eigenvalue weighted by molar-refractivity contribution is -0.143. The summed E-state index contributed by atoms with van der Waals surface area (Å²) in [5.74, 6) is -0.107. The predicted molar refractivity (Wildman–Crippen MR) is 118 cm³/mol. The third kappa shape index (κ3) is 18.7. The molecule has 1 atom stereocenters. The van der Waals surface area contributed by atoms with Gasteiger partial charge in [0, 0.05) is 0 Å². The zero-order chi connectivity index (χ0) is 19.3. The molecule has 0 spiro atoms. The molecule has 0 aliphatic rings. The minimum absolute atomic E-state index is 0.107. The van der Waals surface area contributed by atoms with Crippen molar-refractivity contribution in [3.05, 3.63) is 0 Å². The molecule has 0 heterocycles. The monoisotopic (exact) mass is 432 g/mol. The normalized spacial score (nSPS) is 12.3. The summed E-state index contributed by atoms with van der Waals surface area (Å²) in [5.41, 5.74) is 0. The first-order chi connectivity index (χ1) is 12.7. The number of hydrogen-bond donors (Lipinski definition) is 0. The van der Waals surface area contributed by atoms with Gasteiger partial charge in [0.1, 0.15) is 4.83 Å². The average Bonchev–Trinajstić information content (AvgIpc) is 2.66. The van der Waals surface area contributed by atoms with Gasteiger partial charge in [0.15, 0.2) is 0 Å². The third-order valence-electron chi connectivity index (χ3n) is 5.11. The van der Waals surface area contributed by atoms with Gasteiger partial charge in [0.05, 0.1) is 6.61 Å². The smallest absolute Gasteiger partial charge is 0.319 e. The van der Waals surface area contributed by atoms with Crippen molar-refractivity contribution in [1.82, 2.24) is 0 Å². The molecule has 1 unspecified atom stereocenters. The molecular formula is C23H45BrO2. The van der Waals surface area contributed by atoms with E-state index in [1.54, 1.807) is 0 Å². The fourth-order valence-corrected chi connectivity index (χ4v) is 3.39. The summed E-state index contributed by atoms with van der Waals surface area (Å²) in [7, 11) is 0. The molecule has 3 heteroatoms. The second-order valence-electron chi connectivity index (χ2n) is 7.70. The minimum Gasteiger partial charge on any atom is -0.465 e. The quantitative estimate of drug-likeness (QED) is 0.110. The summed E-state index contributed by atoms with van der Waals surface area (Å²) in [5, 5.41) is 0. The summed E-state index contributed by atoms with van der Waals surface area (Å²) < 4.78 is 5.23. The van der Waals surface area contributed by atoms with Crippen molar-refractivity contribution in [3.63, 3.8) is 0 Å². The summed E-state index contributed by atoms with van der Waals surface area (Å²) in [6.45, 7) is 4.85. The van der Waals surface area contributed by atoms with E-state index in [1.807, 2.05) is 6.92 Å². The van der Waals surface area contributed by atoms with Crippen LogP contribution >= 0.6 is 15.9 Å². The topological polar surface area (TPSA) is 26.3 Å². The molecule has 0 amide bonds. The number of ether oxygens (including phenoxy) is 1. The summed E-state index contributed by atoms with van der Waals surface area (Å²) in [6, 6.07) is 0. The van der Waals surface area contributed by atoms with Crippen molar-refractivity contribution in [3.8, 4) is 0 Å². The van der Waals surface area contributed by atoms with Gasteiger partial charge in [-0.1, -0.05) is 133 Å². The lowest BCUT2D eigenvalue weighted by Gasteiger charge is -2.07. The summed E-state index contributed by atoms with van der Waals surface area (Å²) in [4.78, 5) is 11.3. The number of alkyl halides is 1. The number of halogens is 1. The lowest BCUT2D eigenvalue weighted by Crippen LogP contribution is -2.16. The second kappa shape index (κ2) is 21.3. The first kappa shape index (κ1) is 26.0. The van der Waals surface area contributed by atoms with Gasteiger partial charge >= 0.3 is 5.97 Å². The molecule has 0 saturated carbocycles. The van der Waals surface area contributed by atoms with Gasteiger partial charge in [-0.2, -0.15) is 0 Å². The lowest BCUT2D eigenvalue weighted by atomic mass is 10.0. The number of carbonyl (C=O) groups is 1. The number of esters is 1. The molecule has 0 aliphatic carbocycles. The number of unbranched alkanes of at least 4 members (excludes halogenated alkanes) is 16. The molecule has 0 saturated heterocycles. The zero-order valence-electron chi connectivity index (χ0n) is 17.7. The highest BCUT2D eigenvalue weighted by molar-refractivity contribution is 9.10. The molecule has 0 N–H and O–H groups in total. The fraction of sp³-hybridized carbons (Fsp3) is 0.957. The molecule has 0 rings (SSSR count). The Morgan fingerprint density at radius 2 is 1.00 bits per heavy atom. The van der Waals surface area contributed by atoms with Crippen LogP contribution in [0.2, 0.25) is 0 Å². The Bertz CT molecular complexity index is 294. The Hall–Kier alpha value is -0.0500. The van der Waals surface area contributed by atoms with Gasteiger partial charge in [0.2, 0.25) is 0 Å². The van der Waals surface area contributed by atoms with E-state index in [1.165, 1.54) is 103 Å². The second-order valence-corrected chi connectivity index (χ2v) is 8.81. The van der Waals surface area contributed by atoms with Crippen molar-refractivity contribution >= 4 is 21.9 Å². The first-order valence-corrected chi connectivity index (χ1v) is 12.4. The van der Waals surface area contributed by atoms with Crippen LogP contribution in [-0.4, -0.2) is 17.4 Å². The first-order valence-electron chi connectivity index (χ1n) is 11.5. The van der Waals surface area contributed by atoms with E-state index in [0.29, 0.717) is 6.61 Å². The molecule has 0 aromatic carbocycles. The largest absolute Gasteiger partial charge is 0.465 e. The summed E-state index contributed by atoms with van der Waals surface area (Å²) in [6.07, 6.45) is 24.1. The van der Waals surface area contributed by atoms with Crippen LogP contribution in [0.5, 0.6) is 0 Å². The number of carbonyl (C=O) groups excluding carboxylic acids is 1. The number of rotatable bonds is 20. The van der Waals surface area contributed by atoms with E-state index < -0.39 is 0 Å². The van der Waals surface area contributed by atoms with Gasteiger partial charge in [-0.3, -0.25) is 4.79 Å². The minimum atomic E-state index is -0.131. The van der Waals surface area contributed by atoms with Crippen molar-refractivity contribution < 1.29 is 9.53 Å². The van der Waals surface area contributed by atoms with Crippen LogP contribution in [0.1, 0.15) is 129 Å². The van der Waals surface area contributed by atoms with Gasteiger partial charge < -0.3 is 4.74 Å². The van der Waals surface area contributed by atoms with Crippen LogP contribution in [0.25, 0.3) is 0 Å². The molecule has 0 radical (unpaired) electrons. The standard InChI is InChI=1S/C23H45BrO2/c1-3-5-6-7-8-9-10-11-12-13-14-15-16-17-18-19-20-21-26-23(25)22(24)4-2/h22H,3-21H2,1-2H3. The summed E-state index contributed by atoms with van der Waals surface area (Å²) >= 11 is 3.32. The van der Waals surface area contributed by atoms with E-state index in [2.05, 4.69) is 22.9 Å². The van der Waals surface area contributed by atoms with E-state index in [-0.39, 0.29) is 10.8 Å². The molecular weight excluding hydrogens is 388 g/mol. The molecule has 156 valence electrons. The maximum atomic E-state index is 11.5. The highest BCUT2D eigenvalue weighted by Crippen LogP contribution is 2.14. The molecule has 0 aliphatic heterocycles. The fourth-order valence-electron chi connectivity index (χ4n) is 3.26. The van der Waals surface area contributed by atoms with Gasteiger partial charge in [-0.25, -0.2) is 0 Å².